The molecule has 2 aromatic rings. The smallest absolute Gasteiger partial charge is 0.234 e. The maximum absolute atomic E-state index is 14.0. The van der Waals surface area contributed by atoms with Crippen molar-refractivity contribution in [1.29, 1.82) is 0 Å². The summed E-state index contributed by atoms with van der Waals surface area (Å²) in [4.78, 5) is 25.2. The largest absolute Gasteiger partial charge is 0.353 e. The Morgan fingerprint density at radius 3 is 2.64 bits per heavy atom. The van der Waals surface area contributed by atoms with Crippen LogP contribution < -0.4 is 10.2 Å². The first kappa shape index (κ1) is 19.1. The number of carbonyl (C=O) groups excluding carboxylic acids is 1. The van der Waals surface area contributed by atoms with Crippen molar-refractivity contribution in [3.05, 3.63) is 30.3 Å². The zero-order valence-corrected chi connectivity index (χ0v) is 16.4. The molecule has 2 aliphatic rings. The number of amides is 1. The van der Waals surface area contributed by atoms with Crippen LogP contribution in [-0.4, -0.2) is 59.5 Å². The summed E-state index contributed by atoms with van der Waals surface area (Å²) in [5.41, 5.74) is 0.358. The van der Waals surface area contributed by atoms with Crippen molar-refractivity contribution in [3.63, 3.8) is 0 Å². The molecule has 1 aromatic heterocycles. The molecule has 1 aliphatic carbocycles. The summed E-state index contributed by atoms with van der Waals surface area (Å²) in [5, 5.41) is 3.94. The molecule has 1 N–H and O–H groups in total. The molecule has 2 fully saturated rings. The lowest BCUT2D eigenvalue weighted by molar-refractivity contribution is -0.123. The van der Waals surface area contributed by atoms with Crippen molar-refractivity contribution in [2.24, 2.45) is 5.92 Å². The Labute approximate surface area is 165 Å². The van der Waals surface area contributed by atoms with Gasteiger partial charge >= 0.3 is 0 Å². The number of anilines is 1. The Morgan fingerprint density at radius 1 is 1.14 bits per heavy atom. The van der Waals surface area contributed by atoms with Gasteiger partial charge in [0.2, 0.25) is 5.91 Å². The number of nitrogens with zero attached hydrogens (tertiary/aromatic N) is 4. The number of hydrogen-bond acceptors (Lipinski definition) is 5. The highest BCUT2D eigenvalue weighted by atomic mass is 19.1. The number of hydrogen-bond donors (Lipinski definition) is 1. The molecule has 0 radical (unpaired) electrons. The summed E-state index contributed by atoms with van der Waals surface area (Å²) in [7, 11) is 0. The van der Waals surface area contributed by atoms with Gasteiger partial charge < -0.3 is 10.2 Å². The van der Waals surface area contributed by atoms with Crippen LogP contribution in [0.25, 0.3) is 10.9 Å². The van der Waals surface area contributed by atoms with E-state index in [1.54, 1.807) is 6.07 Å². The lowest BCUT2D eigenvalue weighted by Crippen LogP contribution is -2.51. The van der Waals surface area contributed by atoms with E-state index in [0.29, 0.717) is 18.1 Å². The van der Waals surface area contributed by atoms with E-state index in [2.05, 4.69) is 32.0 Å². The minimum Gasteiger partial charge on any atom is -0.353 e. The van der Waals surface area contributed by atoms with Crippen molar-refractivity contribution in [2.45, 2.75) is 38.6 Å². The highest BCUT2D eigenvalue weighted by Crippen LogP contribution is 2.25. The van der Waals surface area contributed by atoms with E-state index in [9.17, 15) is 9.18 Å². The van der Waals surface area contributed by atoms with E-state index in [1.807, 2.05) is 6.07 Å². The number of benzene rings is 1. The normalized spacial score (nSPS) is 23.7. The monoisotopic (exact) mass is 385 g/mol. The fourth-order valence-electron chi connectivity index (χ4n) is 4.29. The number of halogens is 1. The van der Waals surface area contributed by atoms with Gasteiger partial charge in [0.15, 0.2) is 0 Å². The summed E-state index contributed by atoms with van der Waals surface area (Å²) in [6.07, 6.45) is 6.02. The van der Waals surface area contributed by atoms with Crippen molar-refractivity contribution >= 4 is 22.6 Å². The molecule has 0 bridgehead atoms. The second-order valence-corrected chi connectivity index (χ2v) is 8.12. The zero-order valence-electron chi connectivity index (χ0n) is 16.4. The lowest BCUT2D eigenvalue weighted by atomic mass is 9.87. The average Bonchev–Trinajstić information content (AvgIpc) is 2.70. The molecule has 1 aromatic carbocycles. The number of rotatable bonds is 4. The van der Waals surface area contributed by atoms with Gasteiger partial charge in [0, 0.05) is 37.6 Å². The molecule has 2 heterocycles. The van der Waals surface area contributed by atoms with Gasteiger partial charge in [0.05, 0.1) is 6.54 Å². The highest BCUT2D eigenvalue weighted by Gasteiger charge is 2.24. The lowest BCUT2D eigenvalue weighted by Gasteiger charge is -2.35. The first-order valence-corrected chi connectivity index (χ1v) is 10.3. The first-order valence-electron chi connectivity index (χ1n) is 10.3. The molecule has 4 rings (SSSR count). The van der Waals surface area contributed by atoms with Gasteiger partial charge in [-0.2, -0.15) is 0 Å². The molecule has 7 heteroatoms. The van der Waals surface area contributed by atoms with Crippen LogP contribution in [0.5, 0.6) is 0 Å². The van der Waals surface area contributed by atoms with E-state index < -0.39 is 0 Å². The Hall–Kier alpha value is -2.28. The summed E-state index contributed by atoms with van der Waals surface area (Å²) in [6, 6.07) is 5.31. The third-order valence-corrected chi connectivity index (χ3v) is 6.01. The summed E-state index contributed by atoms with van der Waals surface area (Å²) < 4.78 is 14.0. The van der Waals surface area contributed by atoms with Crippen LogP contribution in [0.2, 0.25) is 0 Å². The van der Waals surface area contributed by atoms with E-state index in [4.69, 9.17) is 0 Å². The second-order valence-electron chi connectivity index (χ2n) is 8.12. The number of nitrogens with one attached hydrogen (secondary N) is 1. The molecule has 0 spiro atoms. The van der Waals surface area contributed by atoms with Crippen LogP contribution in [0.4, 0.5) is 10.2 Å². The van der Waals surface area contributed by atoms with Crippen LogP contribution in [0.3, 0.4) is 0 Å². The van der Waals surface area contributed by atoms with E-state index in [1.165, 1.54) is 25.2 Å². The van der Waals surface area contributed by atoms with E-state index in [-0.39, 0.29) is 11.7 Å². The van der Waals surface area contributed by atoms with Crippen LogP contribution in [0, 0.1) is 11.7 Å². The number of piperazine rings is 1. The van der Waals surface area contributed by atoms with Crippen molar-refractivity contribution in [3.8, 4) is 0 Å². The molecule has 1 amide bonds. The van der Waals surface area contributed by atoms with Gasteiger partial charge in [-0.1, -0.05) is 13.0 Å². The standard InChI is InChI=1S/C21H28FN5O/c1-15-5-7-16(8-6-15)25-19(28)13-26-9-11-27(12-10-26)21-17-3-2-4-18(22)20(17)23-14-24-21/h2-4,14-16H,5-13H2,1H3,(H,25,28). The Morgan fingerprint density at radius 2 is 1.89 bits per heavy atom. The number of para-hydroxylation sites is 1. The molecule has 1 saturated heterocycles. The fraction of sp³-hybridized carbons (Fsp3) is 0.571. The molecule has 0 unspecified atom stereocenters. The van der Waals surface area contributed by atoms with Gasteiger partial charge in [0.1, 0.15) is 23.5 Å². The van der Waals surface area contributed by atoms with Gasteiger partial charge in [-0.25, -0.2) is 14.4 Å². The number of aromatic nitrogens is 2. The topological polar surface area (TPSA) is 61.4 Å². The van der Waals surface area contributed by atoms with Crippen molar-refractivity contribution in [2.75, 3.05) is 37.6 Å². The summed E-state index contributed by atoms with van der Waals surface area (Å²) in [6.45, 7) is 5.82. The highest BCUT2D eigenvalue weighted by molar-refractivity contribution is 5.89. The zero-order chi connectivity index (χ0) is 19.5. The second kappa shape index (κ2) is 8.39. The quantitative estimate of drug-likeness (QED) is 0.877. The first-order chi connectivity index (χ1) is 13.6. The molecular formula is C21H28FN5O. The van der Waals surface area contributed by atoms with Gasteiger partial charge in [-0.15, -0.1) is 0 Å². The van der Waals surface area contributed by atoms with Crippen LogP contribution in [0.1, 0.15) is 32.6 Å². The molecule has 1 aliphatic heterocycles. The molecule has 6 nitrogen and oxygen atoms in total. The van der Waals surface area contributed by atoms with Gasteiger partial charge in [-0.3, -0.25) is 9.69 Å². The Kier molecular flexibility index (Phi) is 5.71. The van der Waals surface area contributed by atoms with Crippen molar-refractivity contribution in [1.82, 2.24) is 20.2 Å². The predicted octanol–water partition coefficient (Wildman–Crippen LogP) is 2.59. The fourth-order valence-corrected chi connectivity index (χ4v) is 4.29. The maximum atomic E-state index is 14.0. The average molecular weight is 385 g/mol. The molecule has 150 valence electrons. The minimum absolute atomic E-state index is 0.127. The summed E-state index contributed by atoms with van der Waals surface area (Å²) >= 11 is 0. The Balaban J connectivity index is 1.31. The third-order valence-electron chi connectivity index (χ3n) is 6.01. The molecular weight excluding hydrogens is 357 g/mol. The predicted molar refractivity (Wildman–Crippen MR) is 108 cm³/mol. The minimum atomic E-state index is -0.325. The van der Waals surface area contributed by atoms with Crippen molar-refractivity contribution < 1.29 is 9.18 Å². The SMILES string of the molecule is CC1CCC(NC(=O)CN2CCN(c3ncnc4c(F)cccc34)CC2)CC1. The Bertz CT molecular complexity index is 829. The number of fused-ring (bicyclic) bond motifs is 1. The van der Waals surface area contributed by atoms with Crippen LogP contribution in [0.15, 0.2) is 24.5 Å². The third kappa shape index (κ3) is 4.24. The van der Waals surface area contributed by atoms with E-state index >= 15 is 0 Å². The van der Waals surface area contributed by atoms with Crippen LogP contribution in [-0.2, 0) is 4.79 Å². The maximum Gasteiger partial charge on any atom is 0.234 e. The van der Waals surface area contributed by atoms with Crippen LogP contribution >= 0.6 is 0 Å². The summed E-state index contributed by atoms with van der Waals surface area (Å²) in [5.74, 6) is 1.36. The molecule has 28 heavy (non-hydrogen) atoms. The molecule has 0 atom stereocenters. The van der Waals surface area contributed by atoms with Gasteiger partial charge in [0.25, 0.3) is 0 Å². The number of carbonyl (C=O) groups is 1. The van der Waals surface area contributed by atoms with Gasteiger partial charge in [-0.05, 0) is 43.7 Å². The molecule has 1 saturated carbocycles. The van der Waals surface area contributed by atoms with E-state index in [0.717, 1.165) is 56.1 Å².